The molecule has 0 radical (unpaired) electrons. The van der Waals surface area contributed by atoms with E-state index in [9.17, 15) is 13.6 Å². The highest BCUT2D eigenvalue weighted by Gasteiger charge is 2.08. The Morgan fingerprint density at radius 1 is 0.947 bits per heavy atom. The fourth-order valence-corrected chi connectivity index (χ4v) is 1.94. The highest BCUT2D eigenvalue weighted by atomic mass is 19.1. The molecule has 2 rings (SSSR count). The lowest BCUT2D eigenvalue weighted by molar-refractivity contribution is -0.117. The summed E-state index contributed by atoms with van der Waals surface area (Å²) >= 11 is 0. The SMILES string of the molecule is Cc1ccc(F)cc1CC(=O)Cc1ccc(F)cc1. The van der Waals surface area contributed by atoms with Gasteiger partial charge in [-0.2, -0.15) is 0 Å². The van der Waals surface area contributed by atoms with Gasteiger partial charge in [0, 0.05) is 12.8 Å². The topological polar surface area (TPSA) is 17.1 Å². The Balaban J connectivity index is 2.05. The van der Waals surface area contributed by atoms with Crippen LogP contribution in [-0.4, -0.2) is 5.78 Å². The molecular weight excluding hydrogens is 246 g/mol. The molecule has 0 atom stereocenters. The fourth-order valence-electron chi connectivity index (χ4n) is 1.94. The minimum absolute atomic E-state index is 0.0136. The molecule has 3 heteroatoms. The lowest BCUT2D eigenvalue weighted by atomic mass is 9.99. The minimum Gasteiger partial charge on any atom is -0.299 e. The molecule has 19 heavy (non-hydrogen) atoms. The molecular formula is C16H14F2O. The van der Waals surface area contributed by atoms with Gasteiger partial charge in [-0.1, -0.05) is 18.2 Å². The molecule has 0 unspecified atom stereocenters. The number of carbonyl (C=O) groups excluding carboxylic acids is 1. The quantitative estimate of drug-likeness (QED) is 0.820. The van der Waals surface area contributed by atoms with Crippen molar-refractivity contribution < 1.29 is 13.6 Å². The third kappa shape index (κ3) is 3.71. The zero-order chi connectivity index (χ0) is 13.8. The van der Waals surface area contributed by atoms with Crippen LogP contribution in [0.3, 0.4) is 0 Å². The maximum Gasteiger partial charge on any atom is 0.141 e. The summed E-state index contributed by atoms with van der Waals surface area (Å²) in [5.74, 6) is -0.673. The molecule has 0 amide bonds. The highest BCUT2D eigenvalue weighted by Crippen LogP contribution is 2.13. The number of halogens is 2. The summed E-state index contributed by atoms with van der Waals surface area (Å²) in [5.41, 5.74) is 2.36. The Morgan fingerprint density at radius 2 is 1.58 bits per heavy atom. The highest BCUT2D eigenvalue weighted by molar-refractivity contribution is 5.83. The summed E-state index contributed by atoms with van der Waals surface area (Å²) in [6.45, 7) is 1.85. The van der Waals surface area contributed by atoms with Crippen LogP contribution >= 0.6 is 0 Å². The monoisotopic (exact) mass is 260 g/mol. The van der Waals surface area contributed by atoms with Crippen molar-refractivity contribution in [3.05, 3.63) is 70.8 Å². The molecule has 0 N–H and O–H groups in total. The van der Waals surface area contributed by atoms with Crippen LogP contribution in [0.2, 0.25) is 0 Å². The van der Waals surface area contributed by atoms with Crippen LogP contribution < -0.4 is 0 Å². The van der Waals surface area contributed by atoms with Gasteiger partial charge in [-0.15, -0.1) is 0 Å². The second-order valence-corrected chi connectivity index (χ2v) is 4.59. The molecule has 0 aromatic heterocycles. The van der Waals surface area contributed by atoms with E-state index in [-0.39, 0.29) is 30.3 Å². The molecule has 0 aliphatic heterocycles. The maximum atomic E-state index is 13.1. The van der Waals surface area contributed by atoms with Crippen molar-refractivity contribution in [1.29, 1.82) is 0 Å². The van der Waals surface area contributed by atoms with E-state index in [4.69, 9.17) is 0 Å². The number of aryl methyl sites for hydroxylation is 1. The van der Waals surface area contributed by atoms with E-state index in [0.717, 1.165) is 11.1 Å². The van der Waals surface area contributed by atoms with Gasteiger partial charge in [0.2, 0.25) is 0 Å². The Bertz CT molecular complexity index is 588. The molecule has 0 saturated carbocycles. The predicted molar refractivity (Wildman–Crippen MR) is 70.0 cm³/mol. The molecule has 0 heterocycles. The summed E-state index contributed by atoms with van der Waals surface area (Å²) < 4.78 is 25.9. The average molecular weight is 260 g/mol. The number of benzene rings is 2. The van der Waals surface area contributed by atoms with Gasteiger partial charge < -0.3 is 0 Å². The van der Waals surface area contributed by atoms with E-state index in [1.807, 2.05) is 6.92 Å². The Kier molecular flexibility index (Phi) is 4.05. The molecule has 0 spiro atoms. The molecule has 0 fully saturated rings. The first-order valence-corrected chi connectivity index (χ1v) is 6.06. The first-order valence-electron chi connectivity index (χ1n) is 6.06. The smallest absolute Gasteiger partial charge is 0.141 e. The van der Waals surface area contributed by atoms with Crippen LogP contribution in [0.5, 0.6) is 0 Å². The normalized spacial score (nSPS) is 10.5. The van der Waals surface area contributed by atoms with Gasteiger partial charge in [-0.3, -0.25) is 4.79 Å². The van der Waals surface area contributed by atoms with Gasteiger partial charge in [0.1, 0.15) is 17.4 Å². The number of hydrogen-bond acceptors (Lipinski definition) is 1. The number of hydrogen-bond donors (Lipinski definition) is 0. The van der Waals surface area contributed by atoms with Crippen LogP contribution in [0.15, 0.2) is 42.5 Å². The lowest BCUT2D eigenvalue weighted by Crippen LogP contribution is -2.08. The molecule has 98 valence electrons. The van der Waals surface area contributed by atoms with Crippen LogP contribution in [0, 0.1) is 18.6 Å². The molecule has 0 aliphatic carbocycles. The second kappa shape index (κ2) is 5.74. The van der Waals surface area contributed by atoms with E-state index >= 15 is 0 Å². The standard InChI is InChI=1S/C16H14F2O/c1-11-2-5-15(18)9-13(11)10-16(19)8-12-3-6-14(17)7-4-12/h2-7,9H,8,10H2,1H3. The van der Waals surface area contributed by atoms with Gasteiger partial charge >= 0.3 is 0 Å². The zero-order valence-corrected chi connectivity index (χ0v) is 10.6. The Morgan fingerprint density at radius 3 is 2.26 bits per heavy atom. The minimum atomic E-state index is -0.338. The summed E-state index contributed by atoms with van der Waals surface area (Å²) in [6, 6.07) is 10.3. The molecule has 2 aromatic rings. The molecule has 0 bridgehead atoms. The van der Waals surface area contributed by atoms with Crippen molar-refractivity contribution in [3.63, 3.8) is 0 Å². The van der Waals surface area contributed by atoms with Gasteiger partial charge in [0.15, 0.2) is 0 Å². The second-order valence-electron chi connectivity index (χ2n) is 4.59. The number of Topliss-reactive ketones (excluding diaryl/α,β-unsaturated/α-hetero) is 1. The first-order chi connectivity index (χ1) is 9.04. The molecule has 2 aromatic carbocycles. The van der Waals surface area contributed by atoms with Gasteiger partial charge in [0.05, 0.1) is 0 Å². The summed E-state index contributed by atoms with van der Waals surface area (Å²) in [7, 11) is 0. The van der Waals surface area contributed by atoms with Gasteiger partial charge in [0.25, 0.3) is 0 Å². The fraction of sp³-hybridized carbons (Fsp3) is 0.188. The summed E-state index contributed by atoms with van der Waals surface area (Å²) in [4.78, 5) is 11.9. The van der Waals surface area contributed by atoms with Crippen molar-refractivity contribution in [2.45, 2.75) is 19.8 Å². The molecule has 0 saturated heterocycles. The van der Waals surface area contributed by atoms with E-state index in [1.165, 1.54) is 24.3 Å². The Labute approximate surface area is 110 Å². The maximum absolute atomic E-state index is 13.1. The number of carbonyl (C=O) groups is 1. The average Bonchev–Trinajstić information content (AvgIpc) is 2.37. The summed E-state index contributed by atoms with van der Waals surface area (Å²) in [6.07, 6.45) is 0.428. The van der Waals surface area contributed by atoms with Gasteiger partial charge in [-0.05, 0) is 47.9 Å². The summed E-state index contributed by atoms with van der Waals surface area (Å²) in [5, 5.41) is 0. The van der Waals surface area contributed by atoms with E-state index < -0.39 is 0 Å². The zero-order valence-electron chi connectivity index (χ0n) is 10.6. The lowest BCUT2D eigenvalue weighted by Gasteiger charge is -2.05. The van der Waals surface area contributed by atoms with E-state index in [2.05, 4.69) is 0 Å². The number of ketones is 1. The molecule has 1 nitrogen and oxygen atoms in total. The van der Waals surface area contributed by atoms with Crippen molar-refractivity contribution in [3.8, 4) is 0 Å². The van der Waals surface area contributed by atoms with Crippen LogP contribution in [0.4, 0.5) is 8.78 Å². The van der Waals surface area contributed by atoms with Crippen LogP contribution in [-0.2, 0) is 17.6 Å². The van der Waals surface area contributed by atoms with Gasteiger partial charge in [-0.25, -0.2) is 8.78 Å². The van der Waals surface area contributed by atoms with Crippen LogP contribution in [0.25, 0.3) is 0 Å². The predicted octanol–water partition coefficient (Wildman–Crippen LogP) is 3.63. The number of rotatable bonds is 4. The van der Waals surface area contributed by atoms with Crippen LogP contribution in [0.1, 0.15) is 16.7 Å². The largest absolute Gasteiger partial charge is 0.299 e. The Hall–Kier alpha value is -2.03. The van der Waals surface area contributed by atoms with Crippen molar-refractivity contribution >= 4 is 5.78 Å². The third-order valence-corrected chi connectivity index (χ3v) is 3.01. The first kappa shape index (κ1) is 13.4. The third-order valence-electron chi connectivity index (χ3n) is 3.01. The molecule has 0 aliphatic rings. The van der Waals surface area contributed by atoms with E-state index in [0.29, 0.717) is 5.56 Å². The van der Waals surface area contributed by atoms with Crippen molar-refractivity contribution in [2.75, 3.05) is 0 Å². The van der Waals surface area contributed by atoms with E-state index in [1.54, 1.807) is 18.2 Å². The van der Waals surface area contributed by atoms with Crippen molar-refractivity contribution in [2.24, 2.45) is 0 Å². The van der Waals surface area contributed by atoms with Crippen molar-refractivity contribution in [1.82, 2.24) is 0 Å².